The van der Waals surface area contributed by atoms with Crippen molar-refractivity contribution in [2.24, 2.45) is 5.92 Å². The van der Waals surface area contributed by atoms with Gasteiger partial charge < -0.3 is 9.67 Å². The second kappa shape index (κ2) is 4.53. The predicted octanol–water partition coefficient (Wildman–Crippen LogP) is 2.24. The molecule has 1 N–H and O–H groups in total. The van der Waals surface area contributed by atoms with Gasteiger partial charge in [-0.15, -0.1) is 0 Å². The second-order valence-electron chi connectivity index (χ2n) is 4.76. The SMILES string of the molecule is OCC1CCc2nc(-c3ccccc3F)cn2C1. The smallest absolute Gasteiger partial charge is 0.132 e. The highest BCUT2D eigenvalue weighted by Crippen LogP contribution is 2.26. The number of aliphatic hydroxyl groups is 1. The lowest BCUT2D eigenvalue weighted by Gasteiger charge is -2.21. The van der Waals surface area contributed by atoms with Crippen molar-refractivity contribution in [1.29, 1.82) is 0 Å². The highest BCUT2D eigenvalue weighted by Gasteiger charge is 2.20. The minimum Gasteiger partial charge on any atom is -0.396 e. The van der Waals surface area contributed by atoms with E-state index < -0.39 is 0 Å². The van der Waals surface area contributed by atoms with Gasteiger partial charge in [-0.1, -0.05) is 12.1 Å². The molecule has 0 aliphatic carbocycles. The minimum absolute atomic E-state index is 0.201. The lowest BCUT2D eigenvalue weighted by Crippen LogP contribution is -2.22. The third-order valence-electron chi connectivity index (χ3n) is 3.50. The quantitative estimate of drug-likeness (QED) is 0.882. The van der Waals surface area contributed by atoms with E-state index in [2.05, 4.69) is 4.98 Å². The van der Waals surface area contributed by atoms with Crippen molar-refractivity contribution < 1.29 is 9.50 Å². The summed E-state index contributed by atoms with van der Waals surface area (Å²) in [5.74, 6) is 1.03. The molecule has 2 aromatic rings. The summed E-state index contributed by atoms with van der Waals surface area (Å²) < 4.78 is 15.7. The maximum Gasteiger partial charge on any atom is 0.132 e. The first-order valence-electron chi connectivity index (χ1n) is 6.19. The summed E-state index contributed by atoms with van der Waals surface area (Å²) in [6.07, 6.45) is 3.68. The Morgan fingerprint density at radius 3 is 3.00 bits per heavy atom. The standard InChI is InChI=1S/C14H15FN2O/c15-12-4-2-1-3-11(12)13-8-17-7-10(9-18)5-6-14(17)16-13/h1-4,8,10,18H,5-7,9H2. The van der Waals surface area contributed by atoms with Crippen molar-refractivity contribution in [2.45, 2.75) is 19.4 Å². The van der Waals surface area contributed by atoms with Gasteiger partial charge in [-0.05, 0) is 18.6 Å². The molecule has 3 rings (SSSR count). The van der Waals surface area contributed by atoms with Crippen molar-refractivity contribution in [3.8, 4) is 11.3 Å². The molecule has 4 heteroatoms. The van der Waals surface area contributed by atoms with Gasteiger partial charge in [-0.2, -0.15) is 0 Å². The lowest BCUT2D eigenvalue weighted by molar-refractivity contribution is 0.190. The fourth-order valence-electron chi connectivity index (χ4n) is 2.46. The van der Waals surface area contributed by atoms with Crippen molar-refractivity contribution >= 4 is 0 Å². The van der Waals surface area contributed by atoms with E-state index in [1.165, 1.54) is 6.07 Å². The molecule has 94 valence electrons. The van der Waals surface area contributed by atoms with Crippen LogP contribution in [0.3, 0.4) is 0 Å². The molecule has 0 bridgehead atoms. The van der Waals surface area contributed by atoms with Crippen molar-refractivity contribution in [1.82, 2.24) is 9.55 Å². The van der Waals surface area contributed by atoms with E-state index in [1.54, 1.807) is 12.1 Å². The average Bonchev–Trinajstić information content (AvgIpc) is 2.81. The van der Waals surface area contributed by atoms with Crippen LogP contribution in [0.15, 0.2) is 30.5 Å². The molecule has 1 aromatic heterocycles. The summed E-state index contributed by atoms with van der Waals surface area (Å²) in [6.45, 7) is 0.972. The van der Waals surface area contributed by atoms with Gasteiger partial charge in [0.2, 0.25) is 0 Å². The number of benzene rings is 1. The number of nitrogens with zero attached hydrogens (tertiary/aromatic N) is 2. The van der Waals surface area contributed by atoms with Crippen LogP contribution in [0.2, 0.25) is 0 Å². The molecule has 2 heterocycles. The van der Waals surface area contributed by atoms with E-state index in [4.69, 9.17) is 0 Å². The van der Waals surface area contributed by atoms with E-state index in [0.29, 0.717) is 17.2 Å². The topological polar surface area (TPSA) is 38.1 Å². The molecule has 1 aromatic carbocycles. The number of aliphatic hydroxyl groups excluding tert-OH is 1. The summed E-state index contributed by atoms with van der Waals surface area (Å²) in [6, 6.07) is 6.68. The first-order valence-corrected chi connectivity index (χ1v) is 6.19. The Morgan fingerprint density at radius 1 is 1.39 bits per heavy atom. The number of halogens is 1. The van der Waals surface area contributed by atoms with Crippen LogP contribution in [-0.2, 0) is 13.0 Å². The molecule has 1 atom stereocenters. The van der Waals surface area contributed by atoms with Gasteiger partial charge in [0.05, 0.1) is 5.69 Å². The largest absolute Gasteiger partial charge is 0.396 e. The number of rotatable bonds is 2. The Balaban J connectivity index is 1.97. The normalized spacial score (nSPS) is 18.7. The number of fused-ring (bicyclic) bond motifs is 1. The molecule has 0 radical (unpaired) electrons. The Kier molecular flexibility index (Phi) is 2.88. The van der Waals surface area contributed by atoms with E-state index in [-0.39, 0.29) is 12.4 Å². The zero-order chi connectivity index (χ0) is 12.5. The van der Waals surface area contributed by atoms with Gasteiger partial charge in [0.15, 0.2) is 0 Å². The van der Waals surface area contributed by atoms with Crippen LogP contribution < -0.4 is 0 Å². The van der Waals surface area contributed by atoms with Gasteiger partial charge in [-0.25, -0.2) is 9.37 Å². The summed E-state index contributed by atoms with van der Waals surface area (Å²) in [7, 11) is 0. The van der Waals surface area contributed by atoms with Crippen molar-refractivity contribution in [3.63, 3.8) is 0 Å². The number of hydrogen-bond donors (Lipinski definition) is 1. The van der Waals surface area contributed by atoms with Gasteiger partial charge in [-0.3, -0.25) is 0 Å². The van der Waals surface area contributed by atoms with Gasteiger partial charge in [0.1, 0.15) is 11.6 Å². The molecular formula is C14H15FN2O. The third-order valence-corrected chi connectivity index (χ3v) is 3.50. The zero-order valence-corrected chi connectivity index (χ0v) is 10.0. The number of imidazole rings is 1. The van der Waals surface area contributed by atoms with Crippen molar-refractivity contribution in [2.75, 3.05) is 6.61 Å². The summed E-state index contributed by atoms with van der Waals surface area (Å²) in [5, 5.41) is 9.19. The third kappa shape index (κ3) is 1.93. The van der Waals surface area contributed by atoms with Crippen molar-refractivity contribution in [3.05, 3.63) is 42.1 Å². The molecule has 0 spiro atoms. The number of aromatic nitrogens is 2. The first-order chi connectivity index (χ1) is 8.78. The molecule has 0 fully saturated rings. The number of hydrogen-bond acceptors (Lipinski definition) is 2. The van der Waals surface area contributed by atoms with E-state index >= 15 is 0 Å². The van der Waals surface area contributed by atoms with Crippen LogP contribution in [0.1, 0.15) is 12.2 Å². The Morgan fingerprint density at radius 2 is 2.22 bits per heavy atom. The molecule has 18 heavy (non-hydrogen) atoms. The van der Waals surface area contributed by atoms with Crippen LogP contribution in [0.25, 0.3) is 11.3 Å². The molecule has 0 amide bonds. The molecule has 1 unspecified atom stereocenters. The maximum absolute atomic E-state index is 13.7. The van der Waals surface area contributed by atoms with E-state index in [9.17, 15) is 9.50 Å². The van der Waals surface area contributed by atoms with Gasteiger partial charge >= 0.3 is 0 Å². The summed E-state index contributed by atoms with van der Waals surface area (Å²) >= 11 is 0. The molecule has 1 aliphatic rings. The van der Waals surface area contributed by atoms with E-state index in [1.807, 2.05) is 16.8 Å². The predicted molar refractivity (Wildman–Crippen MR) is 66.5 cm³/mol. The Hall–Kier alpha value is -1.68. The molecule has 1 aliphatic heterocycles. The first kappa shape index (κ1) is 11.4. The minimum atomic E-state index is -0.244. The highest BCUT2D eigenvalue weighted by atomic mass is 19.1. The molecule has 3 nitrogen and oxygen atoms in total. The van der Waals surface area contributed by atoms with E-state index in [0.717, 1.165) is 25.2 Å². The summed E-state index contributed by atoms with van der Waals surface area (Å²) in [4.78, 5) is 4.49. The van der Waals surface area contributed by atoms with Gasteiger partial charge in [0.25, 0.3) is 0 Å². The zero-order valence-electron chi connectivity index (χ0n) is 10.0. The fraction of sp³-hybridized carbons (Fsp3) is 0.357. The molecular weight excluding hydrogens is 231 g/mol. The lowest BCUT2D eigenvalue weighted by atomic mass is 10.0. The number of aryl methyl sites for hydroxylation is 1. The highest BCUT2D eigenvalue weighted by molar-refractivity contribution is 5.59. The second-order valence-corrected chi connectivity index (χ2v) is 4.76. The monoisotopic (exact) mass is 246 g/mol. The fourth-order valence-corrected chi connectivity index (χ4v) is 2.46. The maximum atomic E-state index is 13.7. The molecule has 0 saturated heterocycles. The van der Waals surface area contributed by atoms with Gasteiger partial charge in [0, 0.05) is 37.3 Å². The van der Waals surface area contributed by atoms with Crippen LogP contribution in [-0.4, -0.2) is 21.3 Å². The summed E-state index contributed by atoms with van der Waals surface area (Å²) in [5.41, 5.74) is 1.22. The Bertz CT molecular complexity index is 565. The average molecular weight is 246 g/mol. The van der Waals surface area contributed by atoms with Crippen LogP contribution >= 0.6 is 0 Å². The molecule has 0 saturated carbocycles. The van der Waals surface area contributed by atoms with Crippen LogP contribution in [0.4, 0.5) is 4.39 Å². The van der Waals surface area contributed by atoms with Crippen LogP contribution in [0.5, 0.6) is 0 Å². The Labute approximate surface area is 105 Å². The van der Waals surface area contributed by atoms with Crippen LogP contribution in [0, 0.1) is 11.7 Å².